The van der Waals surface area contributed by atoms with Gasteiger partial charge in [0, 0.05) is 18.8 Å². The molecule has 1 N–H and O–H groups in total. The van der Waals surface area contributed by atoms with Crippen molar-refractivity contribution in [3.8, 4) is 0 Å². The minimum absolute atomic E-state index is 0. The summed E-state index contributed by atoms with van der Waals surface area (Å²) in [4.78, 5) is 19.4. The Labute approximate surface area is 144 Å². The number of nitrogens with one attached hydrogen (secondary N) is 1. The van der Waals surface area contributed by atoms with Crippen molar-refractivity contribution in [1.82, 2.24) is 15.2 Å². The lowest BCUT2D eigenvalue weighted by Gasteiger charge is -2.32. The first-order valence-corrected chi connectivity index (χ1v) is 8.33. The highest BCUT2D eigenvalue weighted by Gasteiger charge is 2.32. The molecule has 2 fully saturated rings. The number of nitrogens with zero attached hydrogens (tertiary/aromatic N) is 2. The largest absolute Gasteiger partial charge is 0.381 e. The van der Waals surface area contributed by atoms with Crippen LogP contribution in [0.4, 0.5) is 0 Å². The van der Waals surface area contributed by atoms with Gasteiger partial charge in [0.2, 0.25) is 5.91 Å². The molecule has 1 aromatic heterocycles. The van der Waals surface area contributed by atoms with Crippen molar-refractivity contribution >= 4 is 18.3 Å². The lowest BCUT2D eigenvalue weighted by Crippen LogP contribution is -2.43. The topological polar surface area (TPSA) is 54.5 Å². The summed E-state index contributed by atoms with van der Waals surface area (Å²) in [5.74, 6) is 0.273. The monoisotopic (exact) mass is 339 g/mol. The Bertz CT molecular complexity index is 472. The molecule has 2 saturated heterocycles. The van der Waals surface area contributed by atoms with Crippen LogP contribution in [0.15, 0.2) is 24.4 Å². The van der Waals surface area contributed by atoms with E-state index in [0.29, 0.717) is 25.8 Å². The molecule has 1 amide bonds. The van der Waals surface area contributed by atoms with Crippen LogP contribution in [0.2, 0.25) is 0 Å². The van der Waals surface area contributed by atoms with E-state index >= 15 is 0 Å². The van der Waals surface area contributed by atoms with Gasteiger partial charge < -0.3 is 15.0 Å². The molecule has 2 unspecified atom stereocenters. The van der Waals surface area contributed by atoms with E-state index in [-0.39, 0.29) is 24.2 Å². The molecule has 2 aliphatic heterocycles. The van der Waals surface area contributed by atoms with Crippen LogP contribution in [-0.2, 0) is 16.1 Å². The zero-order valence-corrected chi connectivity index (χ0v) is 14.3. The van der Waals surface area contributed by atoms with Crippen LogP contribution in [0.1, 0.15) is 31.4 Å². The Hall–Kier alpha value is -1.17. The number of halogens is 1. The van der Waals surface area contributed by atoms with Crippen LogP contribution in [0.5, 0.6) is 0 Å². The van der Waals surface area contributed by atoms with Crippen molar-refractivity contribution in [1.29, 1.82) is 0 Å². The van der Waals surface area contributed by atoms with Gasteiger partial charge in [0.15, 0.2) is 0 Å². The van der Waals surface area contributed by atoms with E-state index in [1.165, 1.54) is 0 Å². The molecule has 0 aliphatic carbocycles. The van der Waals surface area contributed by atoms with Gasteiger partial charge in [-0.25, -0.2) is 0 Å². The normalized spacial score (nSPS) is 24.5. The average Bonchev–Trinajstić information content (AvgIpc) is 2.96. The highest BCUT2D eigenvalue weighted by atomic mass is 35.5. The highest BCUT2D eigenvalue weighted by Crippen LogP contribution is 2.22. The quantitative estimate of drug-likeness (QED) is 0.911. The predicted octanol–water partition coefficient (Wildman–Crippen LogP) is 2.01. The highest BCUT2D eigenvalue weighted by molar-refractivity contribution is 5.85. The summed E-state index contributed by atoms with van der Waals surface area (Å²) in [6.45, 7) is 3.93. The Morgan fingerprint density at radius 3 is 2.96 bits per heavy atom. The van der Waals surface area contributed by atoms with Crippen LogP contribution in [0.25, 0.3) is 0 Å². The standard InChI is InChI=1S/C17H25N3O2.ClH/c21-17(14-7-11-22-13-14)20(12-15-4-1-2-9-19-15)16-5-3-8-18-10-6-16;/h1-2,4,9,14,16,18H,3,5-8,10-13H2;1H. The smallest absolute Gasteiger partial charge is 0.228 e. The summed E-state index contributed by atoms with van der Waals surface area (Å²) in [6.07, 6.45) is 5.86. The van der Waals surface area contributed by atoms with E-state index in [0.717, 1.165) is 44.5 Å². The summed E-state index contributed by atoms with van der Waals surface area (Å²) >= 11 is 0. The van der Waals surface area contributed by atoms with Crippen molar-refractivity contribution in [3.63, 3.8) is 0 Å². The second-order valence-electron chi connectivity index (χ2n) is 6.18. The Balaban J connectivity index is 0.00000192. The molecule has 2 aliphatic rings. The number of carbonyl (C=O) groups is 1. The molecule has 0 bridgehead atoms. The lowest BCUT2D eigenvalue weighted by molar-refractivity contribution is -0.139. The molecule has 0 radical (unpaired) electrons. The Morgan fingerprint density at radius 2 is 2.22 bits per heavy atom. The first-order valence-electron chi connectivity index (χ1n) is 8.33. The van der Waals surface area contributed by atoms with E-state index in [2.05, 4.69) is 15.2 Å². The van der Waals surface area contributed by atoms with Gasteiger partial charge in [-0.2, -0.15) is 0 Å². The van der Waals surface area contributed by atoms with Crippen LogP contribution in [0, 0.1) is 5.92 Å². The maximum absolute atomic E-state index is 13.0. The van der Waals surface area contributed by atoms with Gasteiger partial charge in [-0.3, -0.25) is 9.78 Å². The zero-order valence-electron chi connectivity index (χ0n) is 13.4. The first-order chi connectivity index (χ1) is 10.8. The van der Waals surface area contributed by atoms with Gasteiger partial charge in [-0.1, -0.05) is 6.07 Å². The summed E-state index contributed by atoms with van der Waals surface area (Å²) in [7, 11) is 0. The van der Waals surface area contributed by atoms with E-state index in [4.69, 9.17) is 4.74 Å². The molecule has 3 heterocycles. The zero-order chi connectivity index (χ0) is 15.2. The van der Waals surface area contributed by atoms with Crippen LogP contribution < -0.4 is 5.32 Å². The van der Waals surface area contributed by atoms with Gasteiger partial charge in [0.1, 0.15) is 0 Å². The summed E-state index contributed by atoms with van der Waals surface area (Å²) in [5, 5.41) is 3.43. The van der Waals surface area contributed by atoms with Crippen molar-refractivity contribution in [3.05, 3.63) is 30.1 Å². The van der Waals surface area contributed by atoms with Crippen molar-refractivity contribution in [2.24, 2.45) is 5.92 Å². The molecular weight excluding hydrogens is 314 g/mol. The minimum atomic E-state index is 0. The second-order valence-corrected chi connectivity index (χ2v) is 6.18. The summed E-state index contributed by atoms with van der Waals surface area (Å²) in [5.41, 5.74) is 0.965. The summed E-state index contributed by atoms with van der Waals surface area (Å²) < 4.78 is 5.42. The molecule has 5 nitrogen and oxygen atoms in total. The third-order valence-corrected chi connectivity index (χ3v) is 4.61. The predicted molar refractivity (Wildman–Crippen MR) is 91.5 cm³/mol. The number of amides is 1. The van der Waals surface area contributed by atoms with Gasteiger partial charge in [0.25, 0.3) is 0 Å². The molecule has 2 atom stereocenters. The van der Waals surface area contributed by atoms with E-state index < -0.39 is 0 Å². The number of ether oxygens (including phenoxy) is 1. The lowest BCUT2D eigenvalue weighted by atomic mass is 10.0. The number of pyridine rings is 1. The van der Waals surface area contributed by atoms with E-state index in [1.807, 2.05) is 18.2 Å². The van der Waals surface area contributed by atoms with Crippen molar-refractivity contribution < 1.29 is 9.53 Å². The van der Waals surface area contributed by atoms with Crippen molar-refractivity contribution in [2.75, 3.05) is 26.3 Å². The number of aromatic nitrogens is 1. The molecule has 1 aromatic rings. The molecule has 23 heavy (non-hydrogen) atoms. The second kappa shape index (κ2) is 9.21. The number of carbonyl (C=O) groups excluding carboxylic acids is 1. The molecule has 0 aromatic carbocycles. The number of hydrogen-bond acceptors (Lipinski definition) is 4. The average molecular weight is 340 g/mol. The SMILES string of the molecule is Cl.O=C(C1CCOC1)N(Cc1ccccn1)C1CCCNCC1. The maximum atomic E-state index is 13.0. The third kappa shape index (κ3) is 4.90. The Kier molecular flexibility index (Phi) is 7.27. The van der Waals surface area contributed by atoms with E-state index in [9.17, 15) is 4.79 Å². The Morgan fingerprint density at radius 1 is 1.30 bits per heavy atom. The van der Waals surface area contributed by atoms with Crippen LogP contribution >= 0.6 is 12.4 Å². The van der Waals surface area contributed by atoms with Crippen LogP contribution in [-0.4, -0.2) is 48.1 Å². The maximum Gasteiger partial charge on any atom is 0.228 e. The van der Waals surface area contributed by atoms with Crippen LogP contribution in [0.3, 0.4) is 0 Å². The fourth-order valence-electron chi connectivity index (χ4n) is 3.33. The van der Waals surface area contributed by atoms with Gasteiger partial charge in [0.05, 0.1) is 24.8 Å². The molecule has 3 rings (SSSR count). The third-order valence-electron chi connectivity index (χ3n) is 4.61. The molecule has 0 saturated carbocycles. The van der Waals surface area contributed by atoms with Gasteiger partial charge >= 0.3 is 0 Å². The fourth-order valence-corrected chi connectivity index (χ4v) is 3.33. The number of rotatable bonds is 4. The number of hydrogen-bond donors (Lipinski definition) is 1. The summed E-state index contributed by atoms with van der Waals surface area (Å²) in [6, 6.07) is 6.21. The fraction of sp³-hybridized carbons (Fsp3) is 0.647. The molecule has 128 valence electrons. The molecule has 0 spiro atoms. The van der Waals surface area contributed by atoms with Gasteiger partial charge in [-0.15, -0.1) is 12.4 Å². The first kappa shape index (κ1) is 18.2. The molecular formula is C17H26ClN3O2. The van der Waals surface area contributed by atoms with Crippen molar-refractivity contribution in [2.45, 2.75) is 38.3 Å². The van der Waals surface area contributed by atoms with Gasteiger partial charge in [-0.05, 0) is 50.9 Å². The molecule has 6 heteroatoms. The van der Waals surface area contributed by atoms with E-state index in [1.54, 1.807) is 6.20 Å². The minimum Gasteiger partial charge on any atom is -0.381 e.